The molecule has 0 radical (unpaired) electrons. The Labute approximate surface area is 193 Å². The second-order valence-corrected chi connectivity index (χ2v) is 10.5. The molecular weight excluding hydrogens is 448 g/mol. The van der Waals surface area contributed by atoms with E-state index in [4.69, 9.17) is 11.6 Å². The fourth-order valence-electron chi connectivity index (χ4n) is 4.18. The van der Waals surface area contributed by atoms with Gasteiger partial charge in [0.25, 0.3) is 5.56 Å². The molecule has 0 N–H and O–H groups in total. The minimum absolute atomic E-state index is 0.0679. The van der Waals surface area contributed by atoms with Gasteiger partial charge >= 0.3 is 0 Å². The van der Waals surface area contributed by atoms with Crippen LogP contribution in [0, 0.1) is 0 Å². The van der Waals surface area contributed by atoms with Gasteiger partial charge in [0.1, 0.15) is 4.83 Å². The summed E-state index contributed by atoms with van der Waals surface area (Å²) in [6.45, 7) is 2.45. The third kappa shape index (κ3) is 3.95. The Morgan fingerprint density at radius 2 is 2.03 bits per heavy atom. The molecule has 1 aliphatic rings. The van der Waals surface area contributed by atoms with Gasteiger partial charge in [-0.25, -0.2) is 4.40 Å². The molecule has 3 heterocycles. The van der Waals surface area contributed by atoms with E-state index in [9.17, 15) is 4.79 Å². The summed E-state index contributed by atoms with van der Waals surface area (Å²) in [7, 11) is 0. The van der Waals surface area contributed by atoms with Gasteiger partial charge in [0.15, 0.2) is 5.16 Å². The molecule has 5 rings (SSSR count). The van der Waals surface area contributed by atoms with Gasteiger partial charge in [-0.3, -0.25) is 9.36 Å². The largest absolute Gasteiger partial charge is 0.276 e. The number of rotatable bonds is 6. The van der Waals surface area contributed by atoms with Crippen molar-refractivity contribution in [1.29, 1.82) is 0 Å². The van der Waals surface area contributed by atoms with Crippen LogP contribution < -0.4 is 5.56 Å². The van der Waals surface area contributed by atoms with E-state index in [2.05, 4.69) is 26.7 Å². The highest BCUT2D eigenvalue weighted by Crippen LogP contribution is 2.36. The lowest BCUT2D eigenvalue weighted by Crippen LogP contribution is -2.24. The Hall–Kier alpha value is -2.09. The number of hydrogen-bond donors (Lipinski definition) is 0. The highest BCUT2D eigenvalue weighted by atomic mass is 35.5. The standard InChI is InChI=1S/C23H23ClN4OS2/c1-15(24)12-14-30-23-26-25-22-27(13-11-16-7-3-2-4-8-16)20(29)19-17-9-5-6-10-18(17)31-21(19)28(22)23/h2-4,7-8,12H,5-6,9-11,13-14H2,1H3. The predicted octanol–water partition coefficient (Wildman–Crippen LogP) is 5.46. The first-order valence-electron chi connectivity index (χ1n) is 10.5. The van der Waals surface area contributed by atoms with Crippen molar-refractivity contribution in [1.82, 2.24) is 19.2 Å². The Morgan fingerprint density at radius 1 is 1.23 bits per heavy atom. The quantitative estimate of drug-likeness (QED) is 0.351. The van der Waals surface area contributed by atoms with Gasteiger partial charge in [0, 0.05) is 22.2 Å². The normalized spacial score (nSPS) is 14.5. The third-order valence-electron chi connectivity index (χ3n) is 5.72. The van der Waals surface area contributed by atoms with Crippen LogP contribution in [0.5, 0.6) is 0 Å². The minimum Gasteiger partial charge on any atom is -0.276 e. The van der Waals surface area contributed by atoms with Gasteiger partial charge in [0.2, 0.25) is 5.78 Å². The highest BCUT2D eigenvalue weighted by molar-refractivity contribution is 7.99. The number of hydrogen-bond acceptors (Lipinski definition) is 5. The van der Waals surface area contributed by atoms with Crippen LogP contribution in [0.4, 0.5) is 0 Å². The highest BCUT2D eigenvalue weighted by Gasteiger charge is 2.24. The Bertz CT molecular complexity index is 1330. The van der Waals surface area contributed by atoms with Crippen molar-refractivity contribution in [2.45, 2.75) is 50.7 Å². The summed E-state index contributed by atoms with van der Waals surface area (Å²) in [6, 6.07) is 10.3. The summed E-state index contributed by atoms with van der Waals surface area (Å²) < 4.78 is 3.91. The lowest BCUT2D eigenvalue weighted by atomic mass is 9.97. The molecule has 1 aliphatic carbocycles. The van der Waals surface area contributed by atoms with Crippen LogP contribution >= 0.6 is 34.7 Å². The zero-order valence-electron chi connectivity index (χ0n) is 17.3. The summed E-state index contributed by atoms with van der Waals surface area (Å²) in [5.74, 6) is 1.34. The SMILES string of the molecule is CC(Cl)=CCSc1nnc2n(CCc3ccccc3)c(=O)c3c4c(sc3n12)CCCC4. The van der Waals surface area contributed by atoms with E-state index < -0.39 is 0 Å². The van der Waals surface area contributed by atoms with Crippen molar-refractivity contribution in [2.75, 3.05) is 5.75 Å². The Kier molecular flexibility index (Phi) is 5.91. The van der Waals surface area contributed by atoms with Crippen molar-refractivity contribution in [2.24, 2.45) is 0 Å². The monoisotopic (exact) mass is 470 g/mol. The fraction of sp³-hybridized carbons (Fsp3) is 0.348. The molecule has 0 bridgehead atoms. The lowest BCUT2D eigenvalue weighted by Gasteiger charge is -2.12. The molecule has 5 nitrogen and oxygen atoms in total. The molecule has 0 saturated heterocycles. The maximum atomic E-state index is 13.7. The van der Waals surface area contributed by atoms with Crippen molar-refractivity contribution in [3.63, 3.8) is 0 Å². The maximum absolute atomic E-state index is 13.7. The molecule has 0 fully saturated rings. The molecular formula is C23H23ClN4OS2. The average molecular weight is 471 g/mol. The third-order valence-corrected chi connectivity index (χ3v) is 8.00. The summed E-state index contributed by atoms with van der Waals surface area (Å²) in [6.07, 6.45) is 7.11. The van der Waals surface area contributed by atoms with E-state index in [0.29, 0.717) is 18.1 Å². The van der Waals surface area contributed by atoms with E-state index in [0.717, 1.165) is 46.1 Å². The molecule has 31 heavy (non-hydrogen) atoms. The van der Waals surface area contributed by atoms with Crippen molar-refractivity contribution in [3.8, 4) is 0 Å². The number of thioether (sulfide) groups is 1. The number of aryl methyl sites for hydroxylation is 4. The summed E-state index contributed by atoms with van der Waals surface area (Å²) >= 11 is 9.34. The van der Waals surface area contributed by atoms with E-state index in [-0.39, 0.29) is 5.56 Å². The lowest BCUT2D eigenvalue weighted by molar-refractivity contribution is 0.673. The van der Waals surface area contributed by atoms with Gasteiger partial charge in [-0.2, -0.15) is 0 Å². The zero-order valence-corrected chi connectivity index (χ0v) is 19.7. The molecule has 0 amide bonds. The first kappa shape index (κ1) is 20.8. The topological polar surface area (TPSA) is 52.2 Å². The zero-order chi connectivity index (χ0) is 21.4. The summed E-state index contributed by atoms with van der Waals surface area (Å²) in [5, 5.41) is 11.3. The van der Waals surface area contributed by atoms with Crippen LogP contribution in [0.2, 0.25) is 0 Å². The van der Waals surface area contributed by atoms with Crippen molar-refractivity contribution in [3.05, 3.63) is 67.8 Å². The maximum Gasteiger partial charge on any atom is 0.263 e. The average Bonchev–Trinajstić information content (AvgIpc) is 3.36. The Balaban J connectivity index is 1.67. The number of nitrogens with zero attached hydrogens (tertiary/aromatic N) is 4. The number of benzene rings is 1. The molecule has 0 unspecified atom stereocenters. The van der Waals surface area contributed by atoms with Gasteiger partial charge in [-0.15, -0.1) is 21.5 Å². The van der Waals surface area contributed by atoms with Crippen LogP contribution in [0.25, 0.3) is 16.0 Å². The second kappa shape index (κ2) is 8.81. The first-order chi connectivity index (χ1) is 15.1. The smallest absolute Gasteiger partial charge is 0.263 e. The predicted molar refractivity (Wildman–Crippen MR) is 130 cm³/mol. The van der Waals surface area contributed by atoms with Crippen LogP contribution in [-0.4, -0.2) is 24.9 Å². The van der Waals surface area contributed by atoms with E-state index in [1.165, 1.54) is 22.4 Å². The Morgan fingerprint density at radius 3 is 2.84 bits per heavy atom. The van der Waals surface area contributed by atoms with Gasteiger partial charge in [-0.1, -0.05) is 59.8 Å². The van der Waals surface area contributed by atoms with E-state index in [1.54, 1.807) is 23.1 Å². The number of allylic oxidation sites excluding steroid dienone is 1. The number of thiophene rings is 1. The van der Waals surface area contributed by atoms with Crippen molar-refractivity contribution < 1.29 is 0 Å². The number of halogens is 1. The molecule has 0 atom stereocenters. The van der Waals surface area contributed by atoms with Crippen LogP contribution in [0.1, 0.15) is 35.8 Å². The van der Waals surface area contributed by atoms with Crippen LogP contribution in [0.3, 0.4) is 0 Å². The number of fused-ring (bicyclic) bond motifs is 5. The number of aromatic nitrogens is 4. The summed E-state index contributed by atoms with van der Waals surface area (Å²) in [4.78, 5) is 16.0. The minimum atomic E-state index is 0.0679. The van der Waals surface area contributed by atoms with E-state index >= 15 is 0 Å². The first-order valence-corrected chi connectivity index (χ1v) is 12.7. The van der Waals surface area contributed by atoms with E-state index in [1.807, 2.05) is 35.8 Å². The van der Waals surface area contributed by atoms with Gasteiger partial charge < -0.3 is 0 Å². The van der Waals surface area contributed by atoms with Crippen molar-refractivity contribution >= 4 is 50.7 Å². The molecule has 0 saturated carbocycles. The van der Waals surface area contributed by atoms with Crippen LogP contribution in [0.15, 0.2) is 51.4 Å². The molecule has 3 aromatic heterocycles. The van der Waals surface area contributed by atoms with Gasteiger partial charge in [0.05, 0.1) is 5.39 Å². The molecule has 0 aliphatic heterocycles. The molecule has 160 valence electrons. The molecule has 8 heteroatoms. The van der Waals surface area contributed by atoms with Gasteiger partial charge in [-0.05, 0) is 50.2 Å². The molecule has 1 aromatic carbocycles. The fourth-order valence-corrected chi connectivity index (χ4v) is 6.67. The molecule has 0 spiro atoms. The summed E-state index contributed by atoms with van der Waals surface area (Å²) in [5.41, 5.74) is 2.52. The molecule has 4 aromatic rings. The second-order valence-electron chi connectivity index (χ2n) is 7.80. The van der Waals surface area contributed by atoms with Crippen LogP contribution in [-0.2, 0) is 25.8 Å².